The third-order valence-corrected chi connectivity index (χ3v) is 4.62. The topological polar surface area (TPSA) is 26.7 Å². The van der Waals surface area contributed by atoms with Crippen molar-refractivity contribution < 1.29 is 9.50 Å². The summed E-state index contributed by atoms with van der Waals surface area (Å²) in [5.74, 6) is -0.336. The number of nitrogens with zero attached hydrogens (tertiary/aromatic N) is 2. The molecule has 0 amide bonds. The molecular weight excluding hydrogens is 255 g/mol. The van der Waals surface area contributed by atoms with Crippen LogP contribution in [0.15, 0.2) is 18.2 Å². The molecule has 0 unspecified atom stereocenters. The number of aliphatic hydroxyl groups excluding tert-OH is 1. The monoisotopic (exact) mass is 280 g/mol. The first kappa shape index (κ1) is 15.3. The van der Waals surface area contributed by atoms with Crippen LogP contribution >= 0.6 is 0 Å². The van der Waals surface area contributed by atoms with Crippen LogP contribution in [-0.4, -0.2) is 43.2 Å². The van der Waals surface area contributed by atoms with Crippen LogP contribution in [0, 0.1) is 5.82 Å². The number of hydrogen-bond donors (Lipinski definition) is 1. The average Bonchev–Trinajstić information content (AvgIpc) is 2.32. The molecule has 1 aliphatic carbocycles. The molecule has 0 aliphatic heterocycles. The fourth-order valence-electron chi connectivity index (χ4n) is 3.13. The van der Waals surface area contributed by atoms with Gasteiger partial charge in [-0.3, -0.25) is 0 Å². The summed E-state index contributed by atoms with van der Waals surface area (Å²) in [6, 6.07) is 4.99. The first-order chi connectivity index (χ1) is 9.37. The van der Waals surface area contributed by atoms with Crippen molar-refractivity contribution in [2.24, 2.45) is 0 Å². The Bertz CT molecular complexity index is 470. The van der Waals surface area contributed by atoms with E-state index in [0.717, 1.165) is 12.2 Å². The predicted octanol–water partition coefficient (Wildman–Crippen LogP) is 2.80. The molecule has 0 radical (unpaired) electrons. The molecule has 20 heavy (non-hydrogen) atoms. The fraction of sp³-hybridized carbons (Fsp3) is 0.625. The Labute approximate surface area is 121 Å². The van der Waals surface area contributed by atoms with E-state index in [-0.39, 0.29) is 11.4 Å². The maximum atomic E-state index is 14.0. The van der Waals surface area contributed by atoms with E-state index in [9.17, 15) is 9.50 Å². The summed E-state index contributed by atoms with van der Waals surface area (Å²) in [7, 11) is 6.19. The summed E-state index contributed by atoms with van der Waals surface area (Å²) >= 11 is 0. The SMILES string of the molecule is C[C@H](O)c1c(F)cccc1N(C)CC1(N(C)C)CCC1. The van der Waals surface area contributed by atoms with E-state index in [4.69, 9.17) is 0 Å². The maximum Gasteiger partial charge on any atom is 0.131 e. The highest BCUT2D eigenvalue weighted by atomic mass is 19.1. The lowest BCUT2D eigenvalue weighted by Gasteiger charge is -2.49. The van der Waals surface area contributed by atoms with Crippen LogP contribution in [-0.2, 0) is 0 Å². The quantitative estimate of drug-likeness (QED) is 0.898. The van der Waals surface area contributed by atoms with Crippen LogP contribution in [0.1, 0.15) is 37.9 Å². The van der Waals surface area contributed by atoms with Crippen molar-refractivity contribution in [1.82, 2.24) is 4.90 Å². The molecule has 1 saturated carbocycles. The summed E-state index contributed by atoms with van der Waals surface area (Å²) in [6.07, 6.45) is 2.79. The zero-order valence-electron chi connectivity index (χ0n) is 12.9. The summed E-state index contributed by atoms with van der Waals surface area (Å²) in [5.41, 5.74) is 1.35. The van der Waals surface area contributed by atoms with Crippen molar-refractivity contribution >= 4 is 5.69 Å². The maximum absolute atomic E-state index is 14.0. The molecule has 112 valence electrons. The van der Waals surface area contributed by atoms with E-state index in [2.05, 4.69) is 23.9 Å². The lowest BCUT2D eigenvalue weighted by atomic mass is 9.75. The summed E-state index contributed by atoms with van der Waals surface area (Å²) in [5, 5.41) is 9.84. The number of hydrogen-bond acceptors (Lipinski definition) is 3. The molecule has 1 aromatic carbocycles. The lowest BCUT2D eigenvalue weighted by Crippen LogP contribution is -2.56. The van der Waals surface area contributed by atoms with Gasteiger partial charge in [0.2, 0.25) is 0 Å². The van der Waals surface area contributed by atoms with Gasteiger partial charge in [0.1, 0.15) is 5.82 Å². The van der Waals surface area contributed by atoms with Crippen LogP contribution in [0.5, 0.6) is 0 Å². The molecular formula is C16H25FN2O. The standard InChI is InChI=1S/C16H25FN2O/c1-12(20)15-13(17)7-5-8-14(15)19(4)11-16(18(2)3)9-6-10-16/h5,7-8,12,20H,6,9-11H2,1-4H3/t12-/m0/s1. The Morgan fingerprint density at radius 2 is 1.95 bits per heavy atom. The molecule has 1 atom stereocenters. The Morgan fingerprint density at radius 3 is 2.40 bits per heavy atom. The number of rotatable bonds is 5. The molecule has 1 aliphatic rings. The molecule has 0 aromatic heterocycles. The summed E-state index contributed by atoms with van der Waals surface area (Å²) in [4.78, 5) is 4.35. The van der Waals surface area contributed by atoms with Crippen LogP contribution in [0.2, 0.25) is 0 Å². The first-order valence-electron chi connectivity index (χ1n) is 7.22. The number of likely N-dealkylation sites (N-methyl/N-ethyl adjacent to an activating group) is 2. The highest BCUT2D eigenvalue weighted by molar-refractivity contribution is 5.55. The van der Waals surface area contributed by atoms with Crippen molar-refractivity contribution in [2.75, 3.05) is 32.6 Å². The average molecular weight is 280 g/mol. The summed E-state index contributed by atoms with van der Waals surface area (Å²) in [6.45, 7) is 2.46. The first-order valence-corrected chi connectivity index (χ1v) is 7.22. The summed E-state index contributed by atoms with van der Waals surface area (Å²) < 4.78 is 14.0. The smallest absolute Gasteiger partial charge is 0.131 e. The minimum atomic E-state index is -0.801. The van der Waals surface area contributed by atoms with Gasteiger partial charge in [0, 0.05) is 30.4 Å². The van der Waals surface area contributed by atoms with E-state index in [1.165, 1.54) is 25.3 Å². The molecule has 0 bridgehead atoms. The molecule has 4 heteroatoms. The van der Waals surface area contributed by atoms with Crippen molar-refractivity contribution in [3.05, 3.63) is 29.6 Å². The van der Waals surface area contributed by atoms with Crippen LogP contribution in [0.3, 0.4) is 0 Å². The van der Waals surface area contributed by atoms with E-state index >= 15 is 0 Å². The van der Waals surface area contributed by atoms with Gasteiger partial charge in [-0.2, -0.15) is 0 Å². The van der Waals surface area contributed by atoms with Crippen molar-refractivity contribution in [2.45, 2.75) is 37.8 Å². The minimum absolute atomic E-state index is 0.178. The Balaban J connectivity index is 2.25. The molecule has 1 fully saturated rings. The van der Waals surface area contributed by atoms with E-state index in [0.29, 0.717) is 5.56 Å². The van der Waals surface area contributed by atoms with Gasteiger partial charge in [-0.15, -0.1) is 0 Å². The lowest BCUT2D eigenvalue weighted by molar-refractivity contribution is 0.0681. The van der Waals surface area contributed by atoms with Gasteiger partial charge in [0.25, 0.3) is 0 Å². The fourth-order valence-corrected chi connectivity index (χ4v) is 3.13. The number of halogens is 1. The second-order valence-electron chi connectivity index (χ2n) is 6.18. The predicted molar refractivity (Wildman–Crippen MR) is 80.6 cm³/mol. The Kier molecular flexibility index (Phi) is 4.35. The highest BCUT2D eigenvalue weighted by Crippen LogP contribution is 2.38. The zero-order chi connectivity index (χ0) is 14.9. The van der Waals surface area contributed by atoms with Crippen LogP contribution in [0.25, 0.3) is 0 Å². The Hall–Kier alpha value is -1.13. The largest absolute Gasteiger partial charge is 0.389 e. The number of aliphatic hydroxyl groups is 1. The minimum Gasteiger partial charge on any atom is -0.389 e. The van der Waals surface area contributed by atoms with E-state index in [1.54, 1.807) is 13.0 Å². The van der Waals surface area contributed by atoms with Gasteiger partial charge in [-0.25, -0.2) is 4.39 Å². The molecule has 0 saturated heterocycles. The molecule has 3 nitrogen and oxygen atoms in total. The van der Waals surface area contributed by atoms with Gasteiger partial charge in [-0.05, 0) is 52.4 Å². The van der Waals surface area contributed by atoms with Gasteiger partial charge >= 0.3 is 0 Å². The second-order valence-corrected chi connectivity index (χ2v) is 6.18. The van der Waals surface area contributed by atoms with Crippen molar-refractivity contribution in [3.63, 3.8) is 0 Å². The molecule has 0 heterocycles. The number of benzene rings is 1. The number of anilines is 1. The molecule has 1 aromatic rings. The zero-order valence-corrected chi connectivity index (χ0v) is 12.9. The van der Waals surface area contributed by atoms with E-state index in [1.807, 2.05) is 13.1 Å². The second kappa shape index (κ2) is 5.70. The molecule has 0 spiro atoms. The normalized spacial score (nSPS) is 18.8. The molecule has 1 N–H and O–H groups in total. The highest BCUT2D eigenvalue weighted by Gasteiger charge is 2.40. The van der Waals surface area contributed by atoms with Gasteiger partial charge in [0.05, 0.1) is 6.10 Å². The van der Waals surface area contributed by atoms with Gasteiger partial charge in [-0.1, -0.05) is 6.07 Å². The Morgan fingerprint density at radius 1 is 1.30 bits per heavy atom. The van der Waals surface area contributed by atoms with Crippen LogP contribution < -0.4 is 4.90 Å². The van der Waals surface area contributed by atoms with Gasteiger partial charge < -0.3 is 14.9 Å². The van der Waals surface area contributed by atoms with Crippen LogP contribution in [0.4, 0.5) is 10.1 Å². The third kappa shape index (κ3) is 2.67. The molecule has 2 rings (SSSR count). The van der Waals surface area contributed by atoms with E-state index < -0.39 is 6.10 Å². The van der Waals surface area contributed by atoms with Crippen molar-refractivity contribution in [1.29, 1.82) is 0 Å². The van der Waals surface area contributed by atoms with Crippen molar-refractivity contribution in [3.8, 4) is 0 Å². The third-order valence-electron chi connectivity index (χ3n) is 4.62. The van der Waals surface area contributed by atoms with Gasteiger partial charge in [0.15, 0.2) is 0 Å².